The largest absolute Gasteiger partial charge is 0.497 e. The van der Waals surface area contributed by atoms with Crippen molar-refractivity contribution in [2.24, 2.45) is 5.92 Å². The standard InChI is InChI=1S/C16H19N5O2S/c1-10(2)8-13-17-14(23-21-13)9-24-16-18-15(19-20-16)11-4-6-12(22-3)7-5-11/h4-7,10H,8-9H2,1-3H3,(H,18,19,20). The van der Waals surface area contributed by atoms with E-state index in [2.05, 4.69) is 39.2 Å². The fourth-order valence-corrected chi connectivity index (χ4v) is 2.75. The van der Waals surface area contributed by atoms with E-state index >= 15 is 0 Å². The molecule has 1 aromatic carbocycles. The molecule has 0 aliphatic heterocycles. The van der Waals surface area contributed by atoms with Gasteiger partial charge in [0, 0.05) is 12.0 Å². The average Bonchev–Trinajstić information content (AvgIpc) is 3.22. The molecule has 3 aromatic rings. The molecule has 126 valence electrons. The van der Waals surface area contributed by atoms with E-state index in [4.69, 9.17) is 9.26 Å². The zero-order chi connectivity index (χ0) is 16.9. The van der Waals surface area contributed by atoms with Gasteiger partial charge < -0.3 is 9.26 Å². The lowest BCUT2D eigenvalue weighted by Gasteiger charge is -1.99. The second-order valence-electron chi connectivity index (χ2n) is 5.69. The first-order valence-electron chi connectivity index (χ1n) is 7.65. The van der Waals surface area contributed by atoms with Crippen LogP contribution in [0.1, 0.15) is 25.6 Å². The Hall–Kier alpha value is -2.35. The molecule has 0 bridgehead atoms. The maximum atomic E-state index is 5.24. The van der Waals surface area contributed by atoms with Crippen molar-refractivity contribution in [3.8, 4) is 17.1 Å². The minimum Gasteiger partial charge on any atom is -0.497 e. The van der Waals surface area contributed by atoms with Gasteiger partial charge in [-0.25, -0.2) is 4.98 Å². The molecule has 7 nitrogen and oxygen atoms in total. The molecule has 2 heterocycles. The van der Waals surface area contributed by atoms with Gasteiger partial charge in [0.2, 0.25) is 11.0 Å². The van der Waals surface area contributed by atoms with Crippen LogP contribution in [0.15, 0.2) is 33.9 Å². The highest BCUT2D eigenvalue weighted by Crippen LogP contribution is 2.23. The maximum Gasteiger partial charge on any atom is 0.237 e. The van der Waals surface area contributed by atoms with Crippen molar-refractivity contribution in [3.63, 3.8) is 0 Å². The lowest BCUT2D eigenvalue weighted by atomic mass is 10.1. The summed E-state index contributed by atoms with van der Waals surface area (Å²) in [5.74, 6) is 3.90. The van der Waals surface area contributed by atoms with Crippen LogP contribution in [0, 0.1) is 5.92 Å². The van der Waals surface area contributed by atoms with Crippen LogP contribution in [-0.2, 0) is 12.2 Å². The van der Waals surface area contributed by atoms with E-state index in [9.17, 15) is 0 Å². The molecule has 8 heteroatoms. The minimum atomic E-state index is 0.503. The molecule has 3 rings (SSSR count). The van der Waals surface area contributed by atoms with Crippen LogP contribution in [0.3, 0.4) is 0 Å². The van der Waals surface area contributed by atoms with Gasteiger partial charge in [-0.05, 0) is 30.2 Å². The highest BCUT2D eigenvalue weighted by Gasteiger charge is 2.11. The van der Waals surface area contributed by atoms with Crippen molar-refractivity contribution < 1.29 is 9.26 Å². The zero-order valence-corrected chi connectivity index (χ0v) is 14.6. The van der Waals surface area contributed by atoms with Crippen LogP contribution in [0.25, 0.3) is 11.4 Å². The Balaban J connectivity index is 1.60. The monoisotopic (exact) mass is 345 g/mol. The van der Waals surface area contributed by atoms with Gasteiger partial charge in [-0.1, -0.05) is 30.8 Å². The van der Waals surface area contributed by atoms with E-state index < -0.39 is 0 Å². The normalized spacial score (nSPS) is 11.2. The van der Waals surface area contributed by atoms with Crippen molar-refractivity contribution in [3.05, 3.63) is 36.0 Å². The topological polar surface area (TPSA) is 89.7 Å². The van der Waals surface area contributed by atoms with Crippen molar-refractivity contribution in [1.29, 1.82) is 0 Å². The number of nitrogens with zero attached hydrogens (tertiary/aromatic N) is 4. The van der Waals surface area contributed by atoms with Gasteiger partial charge in [0.05, 0.1) is 12.9 Å². The summed E-state index contributed by atoms with van der Waals surface area (Å²) in [6.45, 7) is 4.25. The number of benzene rings is 1. The fourth-order valence-electron chi connectivity index (χ4n) is 2.11. The Kier molecular flexibility index (Phi) is 5.14. The van der Waals surface area contributed by atoms with Crippen LogP contribution in [-0.4, -0.2) is 32.4 Å². The molecule has 0 spiro atoms. The lowest BCUT2D eigenvalue weighted by molar-refractivity contribution is 0.382. The number of hydrogen-bond donors (Lipinski definition) is 1. The third-order valence-corrected chi connectivity index (χ3v) is 4.09. The Morgan fingerprint density at radius 2 is 2.00 bits per heavy atom. The predicted molar refractivity (Wildman–Crippen MR) is 90.8 cm³/mol. The first kappa shape index (κ1) is 16.5. The Labute approximate surface area is 144 Å². The van der Waals surface area contributed by atoms with Crippen molar-refractivity contribution >= 4 is 11.8 Å². The smallest absolute Gasteiger partial charge is 0.237 e. The lowest BCUT2D eigenvalue weighted by Crippen LogP contribution is -1.96. The van der Waals surface area contributed by atoms with Gasteiger partial charge in [0.25, 0.3) is 0 Å². The highest BCUT2D eigenvalue weighted by molar-refractivity contribution is 7.98. The highest BCUT2D eigenvalue weighted by atomic mass is 32.2. The molecular formula is C16H19N5O2S. The predicted octanol–water partition coefficient (Wildman–Crippen LogP) is 3.35. The number of aromatic amines is 1. The van der Waals surface area contributed by atoms with Gasteiger partial charge in [0.1, 0.15) is 5.75 Å². The molecule has 0 saturated carbocycles. The van der Waals surface area contributed by atoms with Gasteiger partial charge in [0.15, 0.2) is 11.6 Å². The van der Waals surface area contributed by atoms with Gasteiger partial charge in [-0.2, -0.15) is 4.98 Å². The third-order valence-electron chi connectivity index (χ3n) is 3.25. The van der Waals surface area contributed by atoms with Gasteiger partial charge in [-0.15, -0.1) is 5.10 Å². The van der Waals surface area contributed by atoms with Crippen LogP contribution in [0.4, 0.5) is 0 Å². The molecule has 1 N–H and O–H groups in total. The van der Waals surface area contributed by atoms with Gasteiger partial charge >= 0.3 is 0 Å². The van der Waals surface area contributed by atoms with E-state index in [0.29, 0.717) is 28.5 Å². The zero-order valence-electron chi connectivity index (χ0n) is 13.8. The van der Waals surface area contributed by atoms with E-state index in [1.807, 2.05) is 24.3 Å². The Morgan fingerprint density at radius 1 is 1.21 bits per heavy atom. The van der Waals surface area contributed by atoms with E-state index in [-0.39, 0.29) is 0 Å². The van der Waals surface area contributed by atoms with E-state index in [1.165, 1.54) is 11.8 Å². The average molecular weight is 345 g/mol. The van der Waals surface area contributed by atoms with E-state index in [0.717, 1.165) is 23.6 Å². The first-order valence-corrected chi connectivity index (χ1v) is 8.63. The molecule has 0 saturated heterocycles. The minimum absolute atomic E-state index is 0.503. The van der Waals surface area contributed by atoms with Crippen LogP contribution in [0.5, 0.6) is 5.75 Å². The summed E-state index contributed by atoms with van der Waals surface area (Å²) in [5.41, 5.74) is 0.951. The number of nitrogens with one attached hydrogen (secondary N) is 1. The summed E-state index contributed by atoms with van der Waals surface area (Å²) in [4.78, 5) is 8.84. The maximum absolute atomic E-state index is 5.24. The molecule has 0 atom stereocenters. The fraction of sp³-hybridized carbons (Fsp3) is 0.375. The summed E-state index contributed by atoms with van der Waals surface area (Å²) >= 11 is 1.45. The number of methoxy groups -OCH3 is 1. The molecule has 2 aromatic heterocycles. The van der Waals surface area contributed by atoms with E-state index in [1.54, 1.807) is 7.11 Å². The molecule has 0 amide bonds. The molecule has 0 fully saturated rings. The molecule has 0 radical (unpaired) electrons. The summed E-state index contributed by atoms with van der Waals surface area (Å²) in [6, 6.07) is 7.65. The van der Waals surface area contributed by atoms with Crippen LogP contribution >= 0.6 is 11.8 Å². The number of H-pyrrole nitrogens is 1. The SMILES string of the molecule is COc1ccc(-c2nc(SCc3nc(CC(C)C)no3)n[nH]2)cc1. The molecular weight excluding hydrogens is 326 g/mol. The Morgan fingerprint density at radius 3 is 2.71 bits per heavy atom. The second kappa shape index (κ2) is 7.48. The van der Waals surface area contributed by atoms with Gasteiger partial charge in [-0.3, -0.25) is 5.10 Å². The number of aromatic nitrogens is 5. The number of hydrogen-bond acceptors (Lipinski definition) is 7. The number of thioether (sulfide) groups is 1. The van der Waals surface area contributed by atoms with Crippen molar-refractivity contribution in [2.45, 2.75) is 31.2 Å². The molecule has 24 heavy (non-hydrogen) atoms. The molecule has 0 unspecified atom stereocenters. The van der Waals surface area contributed by atoms with Crippen molar-refractivity contribution in [2.75, 3.05) is 7.11 Å². The number of ether oxygens (including phenoxy) is 1. The molecule has 0 aliphatic carbocycles. The van der Waals surface area contributed by atoms with Crippen LogP contribution in [0.2, 0.25) is 0 Å². The summed E-state index contributed by atoms with van der Waals surface area (Å²) < 4.78 is 10.4. The summed E-state index contributed by atoms with van der Waals surface area (Å²) in [6.07, 6.45) is 0.816. The third kappa shape index (κ3) is 4.14. The quantitative estimate of drug-likeness (QED) is 0.657. The van der Waals surface area contributed by atoms with Crippen LogP contribution < -0.4 is 4.74 Å². The second-order valence-corrected chi connectivity index (χ2v) is 6.63. The Bertz CT molecular complexity index is 782. The summed E-state index contributed by atoms with van der Waals surface area (Å²) in [7, 11) is 1.64. The first-order chi connectivity index (χ1) is 11.6. The number of rotatable bonds is 7. The molecule has 0 aliphatic rings. The summed E-state index contributed by atoms with van der Waals surface area (Å²) in [5, 5.41) is 11.8. The van der Waals surface area contributed by atoms with Crippen molar-refractivity contribution in [1.82, 2.24) is 25.3 Å².